The van der Waals surface area contributed by atoms with Crippen molar-refractivity contribution in [3.8, 4) is 11.5 Å². The molecule has 6 nitrogen and oxygen atoms in total. The highest BCUT2D eigenvalue weighted by Crippen LogP contribution is 2.43. The number of aliphatic hydroxyl groups excluding tert-OH is 1. The number of nitrogens with zero attached hydrogens (tertiary/aromatic N) is 1. The summed E-state index contributed by atoms with van der Waals surface area (Å²) in [5.74, 6) is -0.719. The Kier molecular flexibility index (Phi) is 8.26. The highest BCUT2D eigenvalue weighted by Gasteiger charge is 2.46. The average Bonchev–Trinajstić information content (AvgIpc) is 3.08. The fraction of sp³-hybridized carbons (Fsp3) is 0.407. The van der Waals surface area contributed by atoms with Crippen LogP contribution in [0.3, 0.4) is 0 Å². The SMILES string of the molecule is CCCCCN1C(=O)C(=O)/C(=C(/O)c2cc(OC)c(Cl)cc2OC)C1c1ccc(C(C)C)cc1. The summed E-state index contributed by atoms with van der Waals surface area (Å²) in [6.07, 6.45) is 2.69. The number of ether oxygens (including phenoxy) is 2. The highest BCUT2D eigenvalue weighted by molar-refractivity contribution is 6.46. The number of hydrogen-bond acceptors (Lipinski definition) is 5. The van der Waals surface area contributed by atoms with Crippen molar-refractivity contribution in [2.45, 2.75) is 52.0 Å². The number of likely N-dealkylation sites (tertiary alicyclic amines) is 1. The van der Waals surface area contributed by atoms with Crippen molar-refractivity contribution in [3.05, 3.63) is 63.7 Å². The number of carbonyl (C=O) groups is 2. The van der Waals surface area contributed by atoms with Crippen molar-refractivity contribution in [2.75, 3.05) is 20.8 Å². The van der Waals surface area contributed by atoms with E-state index < -0.39 is 17.7 Å². The first-order valence-electron chi connectivity index (χ1n) is 11.5. The highest BCUT2D eigenvalue weighted by atomic mass is 35.5. The van der Waals surface area contributed by atoms with Crippen molar-refractivity contribution in [1.82, 2.24) is 4.90 Å². The average molecular weight is 486 g/mol. The van der Waals surface area contributed by atoms with Crippen LogP contribution in [0, 0.1) is 0 Å². The normalized spacial score (nSPS) is 17.5. The predicted octanol–water partition coefficient (Wildman–Crippen LogP) is 6.09. The van der Waals surface area contributed by atoms with E-state index >= 15 is 0 Å². The maximum atomic E-state index is 13.2. The second-order valence-electron chi connectivity index (χ2n) is 8.71. The summed E-state index contributed by atoms with van der Waals surface area (Å²) in [7, 11) is 2.90. The monoisotopic (exact) mass is 485 g/mol. The molecule has 1 atom stereocenters. The zero-order chi connectivity index (χ0) is 25.0. The van der Waals surface area contributed by atoms with Crippen LogP contribution in [0.4, 0.5) is 0 Å². The van der Waals surface area contributed by atoms with Crippen molar-refractivity contribution < 1.29 is 24.2 Å². The van der Waals surface area contributed by atoms with Crippen LogP contribution in [0.15, 0.2) is 42.0 Å². The van der Waals surface area contributed by atoms with Gasteiger partial charge in [-0.1, -0.05) is 69.5 Å². The Hall–Kier alpha value is -2.99. The quantitative estimate of drug-likeness (QED) is 0.201. The fourth-order valence-corrected chi connectivity index (χ4v) is 4.47. The van der Waals surface area contributed by atoms with Crippen LogP contribution in [0.25, 0.3) is 5.76 Å². The molecule has 1 unspecified atom stereocenters. The Labute approximate surface area is 206 Å². The molecule has 34 heavy (non-hydrogen) atoms. The van der Waals surface area contributed by atoms with E-state index in [0.717, 1.165) is 30.4 Å². The van der Waals surface area contributed by atoms with Gasteiger partial charge in [-0.25, -0.2) is 0 Å². The number of carbonyl (C=O) groups excluding carboxylic acids is 2. The summed E-state index contributed by atoms with van der Waals surface area (Å²) >= 11 is 6.22. The van der Waals surface area contributed by atoms with Gasteiger partial charge in [0.15, 0.2) is 0 Å². The Bertz CT molecular complexity index is 1090. The van der Waals surface area contributed by atoms with E-state index in [4.69, 9.17) is 21.1 Å². The van der Waals surface area contributed by atoms with Crippen molar-refractivity contribution in [2.24, 2.45) is 0 Å². The van der Waals surface area contributed by atoms with Gasteiger partial charge in [-0.2, -0.15) is 0 Å². The molecule has 0 aliphatic carbocycles. The zero-order valence-electron chi connectivity index (χ0n) is 20.4. The van der Waals surface area contributed by atoms with E-state index in [2.05, 4.69) is 20.8 Å². The Morgan fingerprint density at radius 3 is 2.26 bits per heavy atom. The summed E-state index contributed by atoms with van der Waals surface area (Å²) in [5.41, 5.74) is 2.18. The number of ketones is 1. The molecular formula is C27H32ClNO5. The van der Waals surface area contributed by atoms with Crippen molar-refractivity contribution in [1.29, 1.82) is 0 Å². The smallest absolute Gasteiger partial charge is 0.295 e. The van der Waals surface area contributed by atoms with E-state index in [1.807, 2.05) is 24.3 Å². The summed E-state index contributed by atoms with van der Waals surface area (Å²) in [5, 5.41) is 11.7. The molecule has 7 heteroatoms. The molecule has 0 radical (unpaired) electrons. The van der Waals surface area contributed by atoms with E-state index in [1.54, 1.807) is 4.90 Å². The molecule has 0 aromatic heterocycles. The molecule has 182 valence electrons. The number of hydrogen-bond donors (Lipinski definition) is 1. The third-order valence-electron chi connectivity index (χ3n) is 6.19. The van der Waals surface area contributed by atoms with Crippen molar-refractivity contribution >= 4 is 29.1 Å². The van der Waals surface area contributed by atoms with Gasteiger partial charge in [0.05, 0.1) is 36.4 Å². The largest absolute Gasteiger partial charge is 0.507 e. The number of benzene rings is 2. The van der Waals surface area contributed by atoms with Gasteiger partial charge in [-0.15, -0.1) is 0 Å². The zero-order valence-corrected chi connectivity index (χ0v) is 21.1. The van der Waals surface area contributed by atoms with Gasteiger partial charge < -0.3 is 19.5 Å². The number of unbranched alkanes of at least 4 members (excludes halogenated alkanes) is 2. The molecule has 1 fully saturated rings. The Morgan fingerprint density at radius 1 is 1.06 bits per heavy atom. The lowest BCUT2D eigenvalue weighted by atomic mass is 9.93. The Morgan fingerprint density at radius 2 is 1.71 bits per heavy atom. The topological polar surface area (TPSA) is 76.1 Å². The molecular weight excluding hydrogens is 454 g/mol. The summed E-state index contributed by atoms with van der Waals surface area (Å²) in [6.45, 7) is 6.71. The fourth-order valence-electron chi connectivity index (χ4n) is 4.24. The van der Waals surface area contributed by atoms with Crippen LogP contribution >= 0.6 is 11.6 Å². The molecule has 1 N–H and O–H groups in total. The van der Waals surface area contributed by atoms with Crippen LogP contribution in [0.1, 0.15) is 68.7 Å². The molecule has 2 aromatic carbocycles. The molecule has 0 spiro atoms. The molecule has 1 saturated heterocycles. The number of rotatable bonds is 9. The number of methoxy groups -OCH3 is 2. The van der Waals surface area contributed by atoms with Gasteiger partial charge in [0.25, 0.3) is 11.7 Å². The molecule has 1 amide bonds. The molecule has 1 aliphatic rings. The first-order valence-corrected chi connectivity index (χ1v) is 11.9. The second-order valence-corrected chi connectivity index (χ2v) is 9.12. The second kappa shape index (κ2) is 11.0. The van der Waals surface area contributed by atoms with Crippen LogP contribution in [-0.2, 0) is 9.59 Å². The maximum Gasteiger partial charge on any atom is 0.295 e. The maximum absolute atomic E-state index is 13.2. The molecule has 0 saturated carbocycles. The van der Waals surface area contributed by atoms with Gasteiger partial charge in [-0.05, 0) is 29.5 Å². The Balaban J connectivity index is 2.20. The number of halogens is 1. The van der Waals surface area contributed by atoms with E-state index in [-0.39, 0.29) is 22.6 Å². The standard InChI is InChI=1S/C27H32ClNO5/c1-6-7-8-13-29-24(18-11-9-17(10-12-18)16(2)3)23(26(31)27(29)32)25(30)19-14-22(34-5)20(28)15-21(19)33-4/h9-12,14-16,24,30H,6-8,13H2,1-5H3/b25-23+. The minimum atomic E-state index is -0.720. The van der Waals surface area contributed by atoms with Crippen LogP contribution in [0.5, 0.6) is 11.5 Å². The van der Waals surface area contributed by atoms with Crippen LogP contribution in [0.2, 0.25) is 5.02 Å². The lowest BCUT2D eigenvalue weighted by molar-refractivity contribution is -0.139. The first-order chi connectivity index (χ1) is 16.2. The molecule has 3 rings (SSSR count). The van der Waals surface area contributed by atoms with Gasteiger partial charge in [0, 0.05) is 12.6 Å². The van der Waals surface area contributed by atoms with E-state index in [9.17, 15) is 14.7 Å². The molecule has 1 heterocycles. The van der Waals surface area contributed by atoms with Crippen LogP contribution < -0.4 is 9.47 Å². The summed E-state index contributed by atoms with van der Waals surface area (Å²) < 4.78 is 10.7. The van der Waals surface area contributed by atoms with Gasteiger partial charge in [-0.3, -0.25) is 9.59 Å². The molecule has 0 bridgehead atoms. The summed E-state index contributed by atoms with van der Waals surface area (Å²) in [6, 6.07) is 10.2. The van der Waals surface area contributed by atoms with Crippen molar-refractivity contribution in [3.63, 3.8) is 0 Å². The number of aliphatic hydroxyl groups is 1. The van der Waals surface area contributed by atoms with E-state index in [1.165, 1.54) is 26.4 Å². The minimum absolute atomic E-state index is 0.0291. The van der Waals surface area contributed by atoms with Gasteiger partial charge in [0.2, 0.25) is 0 Å². The molecule has 1 aliphatic heterocycles. The first kappa shape index (κ1) is 25.6. The van der Waals surface area contributed by atoms with E-state index in [0.29, 0.717) is 23.2 Å². The molecule has 2 aromatic rings. The van der Waals surface area contributed by atoms with Crippen LogP contribution in [-0.4, -0.2) is 42.5 Å². The van der Waals surface area contributed by atoms with Gasteiger partial charge >= 0.3 is 0 Å². The third-order valence-corrected chi connectivity index (χ3v) is 6.49. The summed E-state index contributed by atoms with van der Waals surface area (Å²) in [4.78, 5) is 27.9. The van der Waals surface area contributed by atoms with Gasteiger partial charge in [0.1, 0.15) is 17.3 Å². The number of amides is 1. The minimum Gasteiger partial charge on any atom is -0.507 e. The third kappa shape index (κ3) is 4.92. The number of Topliss-reactive ketones (excluding diaryl/α,β-unsaturated/α-hetero) is 1. The predicted molar refractivity (Wildman–Crippen MR) is 134 cm³/mol. The lowest BCUT2D eigenvalue weighted by Crippen LogP contribution is -2.30. The lowest BCUT2D eigenvalue weighted by Gasteiger charge is -2.26.